The average molecular weight is 350 g/mol. The number of hydrogen-bond acceptors (Lipinski definition) is 3. The molecule has 0 bridgehead atoms. The minimum atomic E-state index is 0.138. The van der Waals surface area contributed by atoms with E-state index in [1.807, 2.05) is 6.07 Å². The van der Waals surface area contributed by atoms with Gasteiger partial charge in [-0.05, 0) is 59.1 Å². The van der Waals surface area contributed by atoms with Crippen molar-refractivity contribution in [1.82, 2.24) is 5.32 Å². The number of hydrogen-bond donors (Lipinski definition) is 1. The van der Waals surface area contributed by atoms with Gasteiger partial charge in [0.25, 0.3) is 0 Å². The van der Waals surface area contributed by atoms with Crippen molar-refractivity contribution in [1.29, 1.82) is 0 Å². The van der Waals surface area contributed by atoms with E-state index in [1.165, 1.54) is 11.1 Å². The maximum atomic E-state index is 5.79. The third kappa shape index (κ3) is 3.01. The Bertz CT molecular complexity index is 623. The van der Waals surface area contributed by atoms with Crippen LogP contribution in [0.3, 0.4) is 0 Å². The molecule has 2 aromatic rings. The third-order valence-corrected chi connectivity index (χ3v) is 4.45. The number of furan rings is 1. The van der Waals surface area contributed by atoms with E-state index in [0.29, 0.717) is 0 Å². The molecule has 2 heterocycles. The van der Waals surface area contributed by atoms with E-state index in [9.17, 15) is 0 Å². The van der Waals surface area contributed by atoms with Gasteiger partial charge in [-0.15, -0.1) is 0 Å². The molecule has 4 heteroatoms. The van der Waals surface area contributed by atoms with Crippen LogP contribution in [0.25, 0.3) is 0 Å². The zero-order chi connectivity index (χ0) is 14.8. The number of nitrogens with one attached hydrogen (secondary N) is 1. The van der Waals surface area contributed by atoms with Crippen LogP contribution in [0.15, 0.2) is 39.6 Å². The summed E-state index contributed by atoms with van der Waals surface area (Å²) < 4.78 is 12.0. The van der Waals surface area contributed by atoms with Crippen molar-refractivity contribution in [2.45, 2.75) is 38.8 Å². The normalized spacial score (nSPS) is 18.3. The summed E-state index contributed by atoms with van der Waals surface area (Å²) in [5.74, 6) is 1.02. The summed E-state index contributed by atoms with van der Waals surface area (Å²) in [5, 5.41) is 3.60. The molecule has 1 aliphatic rings. The Balaban J connectivity index is 1.94. The van der Waals surface area contributed by atoms with Crippen molar-refractivity contribution >= 4 is 15.9 Å². The van der Waals surface area contributed by atoms with E-state index in [1.54, 1.807) is 6.26 Å². The molecule has 3 nitrogen and oxygen atoms in total. The van der Waals surface area contributed by atoms with Gasteiger partial charge in [-0.25, -0.2) is 0 Å². The van der Waals surface area contributed by atoms with E-state index >= 15 is 0 Å². The Morgan fingerprint density at radius 3 is 2.95 bits per heavy atom. The van der Waals surface area contributed by atoms with Crippen LogP contribution in [0.2, 0.25) is 0 Å². The SMILES string of the molecule is CCCNC(c1ccc2c(c1)CC(C)O2)c1ccoc1Br. The summed E-state index contributed by atoms with van der Waals surface area (Å²) >= 11 is 3.50. The summed E-state index contributed by atoms with van der Waals surface area (Å²) in [5.41, 5.74) is 3.68. The molecule has 0 spiro atoms. The van der Waals surface area contributed by atoms with Crippen LogP contribution in [0.4, 0.5) is 0 Å². The van der Waals surface area contributed by atoms with Crippen molar-refractivity contribution in [2.75, 3.05) is 6.54 Å². The maximum absolute atomic E-state index is 5.79. The first-order valence-corrected chi connectivity index (χ1v) is 8.24. The van der Waals surface area contributed by atoms with Crippen LogP contribution in [0, 0.1) is 0 Å². The fraction of sp³-hybridized carbons (Fsp3) is 0.412. The van der Waals surface area contributed by atoms with Crippen LogP contribution in [0.1, 0.15) is 43.0 Å². The van der Waals surface area contributed by atoms with Gasteiger partial charge in [-0.3, -0.25) is 0 Å². The summed E-state index contributed by atoms with van der Waals surface area (Å²) in [7, 11) is 0. The third-order valence-electron chi connectivity index (χ3n) is 3.81. The Hall–Kier alpha value is -1.26. The van der Waals surface area contributed by atoms with Crippen molar-refractivity contribution in [2.24, 2.45) is 0 Å². The molecule has 1 aliphatic heterocycles. The molecule has 1 aromatic carbocycles. The Kier molecular flexibility index (Phi) is 4.36. The van der Waals surface area contributed by atoms with Crippen LogP contribution >= 0.6 is 15.9 Å². The molecule has 1 aromatic heterocycles. The average Bonchev–Trinajstić information content (AvgIpc) is 3.04. The Morgan fingerprint density at radius 2 is 2.24 bits per heavy atom. The largest absolute Gasteiger partial charge is 0.490 e. The Morgan fingerprint density at radius 1 is 1.38 bits per heavy atom. The second-order valence-corrected chi connectivity index (χ2v) is 6.26. The first-order chi connectivity index (χ1) is 10.2. The quantitative estimate of drug-likeness (QED) is 0.865. The van der Waals surface area contributed by atoms with Gasteiger partial charge in [-0.1, -0.05) is 19.1 Å². The molecule has 0 fully saturated rings. The molecule has 112 valence electrons. The van der Waals surface area contributed by atoms with Gasteiger partial charge in [0, 0.05) is 12.0 Å². The summed E-state index contributed by atoms with van der Waals surface area (Å²) in [4.78, 5) is 0. The predicted molar refractivity (Wildman–Crippen MR) is 86.8 cm³/mol. The van der Waals surface area contributed by atoms with Gasteiger partial charge in [0.15, 0.2) is 4.67 Å². The molecular formula is C17H20BrNO2. The van der Waals surface area contributed by atoms with Crippen molar-refractivity contribution in [3.05, 3.63) is 51.9 Å². The van der Waals surface area contributed by atoms with E-state index in [-0.39, 0.29) is 12.1 Å². The highest BCUT2D eigenvalue weighted by atomic mass is 79.9. The van der Waals surface area contributed by atoms with Gasteiger partial charge in [0.2, 0.25) is 0 Å². The molecular weight excluding hydrogens is 330 g/mol. The lowest BCUT2D eigenvalue weighted by Gasteiger charge is -2.19. The van der Waals surface area contributed by atoms with Gasteiger partial charge >= 0.3 is 0 Å². The fourth-order valence-corrected chi connectivity index (χ4v) is 3.30. The second kappa shape index (κ2) is 6.24. The van der Waals surface area contributed by atoms with E-state index in [2.05, 4.69) is 53.3 Å². The van der Waals surface area contributed by atoms with Gasteiger partial charge < -0.3 is 14.5 Å². The number of ether oxygens (including phenoxy) is 1. The minimum absolute atomic E-state index is 0.138. The standard InChI is InChI=1S/C17H20BrNO2/c1-3-7-19-16(14-6-8-20-17(14)18)12-4-5-15-13(10-12)9-11(2)21-15/h4-6,8,10-11,16,19H,3,7,9H2,1-2H3. The number of fused-ring (bicyclic) bond motifs is 1. The van der Waals surface area contributed by atoms with Gasteiger partial charge in [0.1, 0.15) is 11.9 Å². The maximum Gasteiger partial charge on any atom is 0.174 e. The van der Waals surface area contributed by atoms with E-state index in [0.717, 1.165) is 35.4 Å². The molecule has 3 rings (SSSR count). The minimum Gasteiger partial charge on any atom is -0.490 e. The summed E-state index contributed by atoms with van der Waals surface area (Å²) in [6.07, 6.45) is 4.07. The van der Waals surface area contributed by atoms with Gasteiger partial charge in [0.05, 0.1) is 12.3 Å². The lowest BCUT2D eigenvalue weighted by atomic mass is 9.97. The molecule has 0 aliphatic carbocycles. The van der Waals surface area contributed by atoms with Gasteiger partial charge in [-0.2, -0.15) is 0 Å². The highest BCUT2D eigenvalue weighted by molar-refractivity contribution is 9.10. The number of benzene rings is 1. The highest BCUT2D eigenvalue weighted by Gasteiger charge is 2.23. The highest BCUT2D eigenvalue weighted by Crippen LogP contribution is 2.35. The van der Waals surface area contributed by atoms with E-state index < -0.39 is 0 Å². The van der Waals surface area contributed by atoms with E-state index in [4.69, 9.17) is 9.15 Å². The molecule has 0 saturated carbocycles. The van der Waals surface area contributed by atoms with Crippen molar-refractivity contribution < 1.29 is 9.15 Å². The zero-order valence-corrected chi connectivity index (χ0v) is 13.9. The Labute approximate surface area is 133 Å². The molecule has 0 saturated heterocycles. The first-order valence-electron chi connectivity index (χ1n) is 7.44. The van der Waals surface area contributed by atoms with Crippen LogP contribution in [0.5, 0.6) is 5.75 Å². The molecule has 2 unspecified atom stereocenters. The fourth-order valence-electron chi connectivity index (χ4n) is 2.83. The van der Waals surface area contributed by atoms with Crippen molar-refractivity contribution in [3.63, 3.8) is 0 Å². The molecule has 21 heavy (non-hydrogen) atoms. The molecule has 2 atom stereocenters. The predicted octanol–water partition coefficient (Wildman–Crippen LogP) is 4.45. The first kappa shape index (κ1) is 14.7. The molecule has 0 amide bonds. The van der Waals surface area contributed by atoms with Crippen LogP contribution in [-0.4, -0.2) is 12.6 Å². The topological polar surface area (TPSA) is 34.4 Å². The smallest absolute Gasteiger partial charge is 0.174 e. The van der Waals surface area contributed by atoms with Crippen LogP contribution in [-0.2, 0) is 6.42 Å². The van der Waals surface area contributed by atoms with Crippen LogP contribution < -0.4 is 10.1 Å². The van der Waals surface area contributed by atoms with Crippen molar-refractivity contribution in [3.8, 4) is 5.75 Å². The second-order valence-electron chi connectivity index (χ2n) is 5.54. The molecule has 0 radical (unpaired) electrons. The summed E-state index contributed by atoms with van der Waals surface area (Å²) in [6.45, 7) is 5.25. The summed E-state index contributed by atoms with van der Waals surface area (Å²) in [6, 6.07) is 8.64. The number of halogens is 1. The lowest BCUT2D eigenvalue weighted by Crippen LogP contribution is -2.23. The number of rotatable bonds is 5. The molecule has 1 N–H and O–H groups in total. The zero-order valence-electron chi connectivity index (χ0n) is 12.4. The lowest BCUT2D eigenvalue weighted by molar-refractivity contribution is 0.254. The monoisotopic (exact) mass is 349 g/mol.